The van der Waals surface area contributed by atoms with E-state index in [9.17, 15) is 15.0 Å². The first-order valence-electron chi connectivity index (χ1n) is 9.19. The summed E-state index contributed by atoms with van der Waals surface area (Å²) in [5.41, 5.74) is -0.578. The van der Waals surface area contributed by atoms with Gasteiger partial charge in [-0.2, -0.15) is 0 Å². The van der Waals surface area contributed by atoms with Crippen LogP contribution in [0.4, 0.5) is 0 Å². The zero-order chi connectivity index (χ0) is 18.1. The van der Waals surface area contributed by atoms with Crippen LogP contribution in [0.3, 0.4) is 0 Å². The van der Waals surface area contributed by atoms with Crippen LogP contribution in [0.5, 0.6) is 0 Å². The van der Waals surface area contributed by atoms with Crippen LogP contribution in [0.2, 0.25) is 0 Å². The van der Waals surface area contributed by atoms with Gasteiger partial charge >= 0.3 is 0 Å². The molecular formula is C20H32O4. The fourth-order valence-corrected chi connectivity index (χ4v) is 6.33. The van der Waals surface area contributed by atoms with E-state index in [-0.39, 0.29) is 23.0 Å². The Kier molecular flexibility index (Phi) is 4.06. The molecule has 0 spiro atoms. The number of hydrogen-bond donors (Lipinski definition) is 2. The van der Waals surface area contributed by atoms with Crippen LogP contribution in [0, 0.1) is 22.7 Å². The summed E-state index contributed by atoms with van der Waals surface area (Å²) in [5, 5.41) is 22.1. The smallest absolute Gasteiger partial charge is 0.139 e. The Hall–Kier alpha value is -0.710. The quantitative estimate of drug-likeness (QED) is 0.723. The molecule has 0 aromatic rings. The number of carbonyl (C=O) groups excluding carboxylic acids is 1. The second-order valence-electron chi connectivity index (χ2n) is 9.30. The molecule has 3 fully saturated rings. The topological polar surface area (TPSA) is 66.8 Å². The van der Waals surface area contributed by atoms with Crippen LogP contribution in [0.1, 0.15) is 60.8 Å². The van der Waals surface area contributed by atoms with Gasteiger partial charge in [0.15, 0.2) is 0 Å². The molecule has 136 valence electrons. The summed E-state index contributed by atoms with van der Waals surface area (Å²) >= 11 is 0. The summed E-state index contributed by atoms with van der Waals surface area (Å²) in [4.78, 5) is 13.1. The second kappa shape index (κ2) is 5.39. The molecule has 2 N–H and O–H groups in total. The first kappa shape index (κ1) is 18.1. The number of carbonyl (C=O) groups is 1. The molecule has 24 heavy (non-hydrogen) atoms. The Morgan fingerprint density at radius 1 is 1.21 bits per heavy atom. The monoisotopic (exact) mass is 336 g/mol. The number of aliphatic hydroxyl groups excluding tert-OH is 2. The first-order valence-corrected chi connectivity index (χ1v) is 9.19. The number of ketones is 1. The molecule has 0 bridgehead atoms. The van der Waals surface area contributed by atoms with Gasteiger partial charge in [0.25, 0.3) is 0 Å². The molecule has 3 aliphatic rings. The van der Waals surface area contributed by atoms with E-state index in [4.69, 9.17) is 4.74 Å². The lowest BCUT2D eigenvalue weighted by Gasteiger charge is -2.60. The Morgan fingerprint density at radius 3 is 2.42 bits per heavy atom. The average molecular weight is 336 g/mol. The number of hydrogen-bond acceptors (Lipinski definition) is 4. The van der Waals surface area contributed by atoms with Crippen molar-refractivity contribution >= 4 is 5.78 Å². The molecule has 3 rings (SSSR count). The van der Waals surface area contributed by atoms with Crippen molar-refractivity contribution in [3.63, 3.8) is 0 Å². The minimum Gasteiger partial charge on any atom is -0.393 e. The molecule has 0 aromatic carbocycles. The Bertz CT molecular complexity index is 580. The molecule has 2 aliphatic carbocycles. The summed E-state index contributed by atoms with van der Waals surface area (Å²) in [6, 6.07) is 0. The van der Waals surface area contributed by atoms with Crippen molar-refractivity contribution in [2.75, 3.05) is 0 Å². The third-order valence-electron chi connectivity index (χ3n) is 7.34. The van der Waals surface area contributed by atoms with Gasteiger partial charge in [0.05, 0.1) is 17.8 Å². The van der Waals surface area contributed by atoms with Gasteiger partial charge in [-0.1, -0.05) is 26.8 Å². The zero-order valence-electron chi connectivity index (χ0n) is 15.8. The van der Waals surface area contributed by atoms with Gasteiger partial charge in [-0.05, 0) is 38.2 Å². The summed E-state index contributed by atoms with van der Waals surface area (Å²) in [6.45, 7) is 12.1. The third kappa shape index (κ3) is 2.19. The van der Waals surface area contributed by atoms with Crippen molar-refractivity contribution in [3.8, 4) is 0 Å². The lowest BCUT2D eigenvalue weighted by Crippen LogP contribution is -2.66. The highest BCUT2D eigenvalue weighted by molar-refractivity contribution is 5.87. The van der Waals surface area contributed by atoms with Crippen molar-refractivity contribution in [2.24, 2.45) is 22.7 Å². The van der Waals surface area contributed by atoms with Crippen LogP contribution in [-0.2, 0) is 9.53 Å². The summed E-state index contributed by atoms with van der Waals surface area (Å²) in [5.74, 6) is -0.263. The number of aliphatic hydroxyl groups is 2. The minimum atomic E-state index is -0.754. The highest BCUT2D eigenvalue weighted by Crippen LogP contribution is 2.64. The van der Waals surface area contributed by atoms with E-state index in [1.54, 1.807) is 0 Å². The predicted molar refractivity (Wildman–Crippen MR) is 92.4 cm³/mol. The van der Waals surface area contributed by atoms with E-state index < -0.39 is 29.3 Å². The molecular weight excluding hydrogens is 304 g/mol. The highest BCUT2D eigenvalue weighted by atomic mass is 16.5. The maximum atomic E-state index is 13.1. The van der Waals surface area contributed by atoms with E-state index >= 15 is 0 Å². The molecule has 1 heterocycles. The number of Topliss-reactive ketones (excluding diaryl/α,β-unsaturated/α-hetero) is 1. The summed E-state index contributed by atoms with van der Waals surface area (Å²) < 4.78 is 6.29. The van der Waals surface area contributed by atoms with Crippen molar-refractivity contribution in [1.82, 2.24) is 0 Å². The maximum absolute atomic E-state index is 13.1. The minimum absolute atomic E-state index is 0.128. The molecule has 2 saturated carbocycles. The second-order valence-corrected chi connectivity index (χ2v) is 9.30. The lowest BCUT2D eigenvalue weighted by molar-refractivity contribution is -0.205. The van der Waals surface area contributed by atoms with Crippen molar-refractivity contribution in [1.29, 1.82) is 0 Å². The van der Waals surface area contributed by atoms with Gasteiger partial charge in [-0.25, -0.2) is 0 Å². The molecule has 0 amide bonds. The Labute approximate surface area is 145 Å². The van der Waals surface area contributed by atoms with Crippen LogP contribution in [0.15, 0.2) is 11.6 Å². The van der Waals surface area contributed by atoms with Crippen molar-refractivity contribution < 1.29 is 19.7 Å². The molecule has 0 unspecified atom stereocenters. The van der Waals surface area contributed by atoms with E-state index in [0.29, 0.717) is 12.8 Å². The molecule has 7 atom stereocenters. The van der Waals surface area contributed by atoms with E-state index in [1.165, 1.54) is 0 Å². The Balaban J connectivity index is 2.13. The fourth-order valence-electron chi connectivity index (χ4n) is 6.33. The van der Waals surface area contributed by atoms with Gasteiger partial charge in [-0.15, -0.1) is 0 Å². The standard InChI is InChI=1S/C20H32O4/c1-7-11(2)15-14(23)17-19(5,24-15)10-12(21)16-18(3,4)9-8-13(22)20(16,17)6/h7,12,14-17,21,23H,8-10H2,1-6H3/b11-7+/t12-,14-,15-,16-,17+,19-,20+/m1/s1. The summed E-state index contributed by atoms with van der Waals surface area (Å²) in [6.07, 6.45) is 2.03. The lowest BCUT2D eigenvalue weighted by atomic mass is 9.44. The zero-order valence-corrected chi connectivity index (χ0v) is 15.8. The van der Waals surface area contributed by atoms with Gasteiger partial charge in [-0.3, -0.25) is 4.79 Å². The SMILES string of the molecule is C/C=C(\C)[C@H]1O[C@]2(C)C[C@@H](O)[C@@H]3C(C)(C)CCC(=O)[C@]3(C)[C@H]2[C@@H]1O. The molecule has 4 nitrogen and oxygen atoms in total. The normalized spacial score (nSPS) is 51.2. The molecule has 1 saturated heterocycles. The van der Waals surface area contributed by atoms with Crippen LogP contribution in [0.25, 0.3) is 0 Å². The van der Waals surface area contributed by atoms with Gasteiger partial charge in [0, 0.05) is 30.1 Å². The van der Waals surface area contributed by atoms with Crippen LogP contribution in [-0.4, -0.2) is 39.9 Å². The van der Waals surface area contributed by atoms with E-state index in [1.807, 2.05) is 33.8 Å². The Morgan fingerprint density at radius 2 is 1.83 bits per heavy atom. The fraction of sp³-hybridized carbons (Fsp3) is 0.850. The number of fused-ring (bicyclic) bond motifs is 3. The van der Waals surface area contributed by atoms with Crippen LogP contribution >= 0.6 is 0 Å². The van der Waals surface area contributed by atoms with Crippen molar-refractivity contribution in [2.45, 2.75) is 84.7 Å². The number of allylic oxidation sites excluding steroid dienone is 1. The van der Waals surface area contributed by atoms with E-state index in [2.05, 4.69) is 13.8 Å². The molecule has 0 aromatic heterocycles. The molecule has 4 heteroatoms. The molecule has 0 radical (unpaired) electrons. The number of rotatable bonds is 1. The van der Waals surface area contributed by atoms with Gasteiger partial charge in [0.1, 0.15) is 11.9 Å². The van der Waals surface area contributed by atoms with E-state index in [0.717, 1.165) is 12.0 Å². The highest BCUT2D eigenvalue weighted by Gasteiger charge is 2.70. The largest absolute Gasteiger partial charge is 0.393 e. The van der Waals surface area contributed by atoms with Crippen LogP contribution < -0.4 is 0 Å². The predicted octanol–water partition coefficient (Wildman–Crippen LogP) is 2.86. The maximum Gasteiger partial charge on any atom is 0.139 e. The van der Waals surface area contributed by atoms with Crippen molar-refractivity contribution in [3.05, 3.63) is 11.6 Å². The average Bonchev–Trinajstić information content (AvgIpc) is 2.74. The van der Waals surface area contributed by atoms with Gasteiger partial charge < -0.3 is 14.9 Å². The molecule has 1 aliphatic heterocycles. The summed E-state index contributed by atoms with van der Waals surface area (Å²) in [7, 11) is 0. The number of ether oxygens (including phenoxy) is 1. The van der Waals surface area contributed by atoms with Gasteiger partial charge in [0.2, 0.25) is 0 Å². The third-order valence-corrected chi connectivity index (χ3v) is 7.34. The first-order chi connectivity index (χ1) is 11.0.